The number of unbranched alkanes of at least 4 members (excludes halogenated alkanes) is 4. The van der Waals surface area contributed by atoms with Gasteiger partial charge in [0.05, 0.1) is 6.61 Å². The number of carbonyl (C=O) groups excluding carboxylic acids is 1. The monoisotopic (exact) mass is 338 g/mol. The standard InChI is InChI=1S/C21H38O3/c1-5-6-7-8-9-14-19(21(2,3)4)15-11-13-18-24-20(23)16-10-12-17-22/h9,11,14-15,19,22H,5-8,10,12-13,16-18H2,1-4H3/b14-9-,15-11-/t19-/m1/s1. The number of carbonyl (C=O) groups is 1. The Morgan fingerprint density at radius 2 is 1.71 bits per heavy atom. The third-order valence-electron chi connectivity index (χ3n) is 4.00. The lowest BCUT2D eigenvalue weighted by atomic mass is 9.80. The largest absolute Gasteiger partial charge is 0.465 e. The molecule has 0 saturated carbocycles. The van der Waals surface area contributed by atoms with E-state index in [0.29, 0.717) is 31.8 Å². The summed E-state index contributed by atoms with van der Waals surface area (Å²) in [6.45, 7) is 9.55. The first-order chi connectivity index (χ1) is 11.4. The topological polar surface area (TPSA) is 46.5 Å². The van der Waals surface area contributed by atoms with Crippen molar-refractivity contribution in [3.05, 3.63) is 24.3 Å². The van der Waals surface area contributed by atoms with Crippen LogP contribution in [0.5, 0.6) is 0 Å². The highest BCUT2D eigenvalue weighted by Crippen LogP contribution is 2.28. The average Bonchev–Trinajstić information content (AvgIpc) is 2.51. The van der Waals surface area contributed by atoms with Crippen molar-refractivity contribution in [3.8, 4) is 0 Å². The predicted octanol–water partition coefficient (Wildman–Crippen LogP) is 5.44. The van der Waals surface area contributed by atoms with Crippen LogP contribution in [0.25, 0.3) is 0 Å². The molecule has 0 aromatic heterocycles. The van der Waals surface area contributed by atoms with Gasteiger partial charge in [-0.25, -0.2) is 0 Å². The van der Waals surface area contributed by atoms with Crippen LogP contribution in [-0.4, -0.2) is 24.3 Å². The normalized spacial score (nSPS) is 13.7. The maximum Gasteiger partial charge on any atom is 0.305 e. The lowest BCUT2D eigenvalue weighted by Crippen LogP contribution is -2.16. The average molecular weight is 339 g/mol. The molecule has 0 spiro atoms. The second-order valence-corrected chi connectivity index (χ2v) is 7.43. The summed E-state index contributed by atoms with van der Waals surface area (Å²) in [5, 5.41) is 8.68. The molecule has 3 heteroatoms. The number of ether oxygens (including phenoxy) is 1. The van der Waals surface area contributed by atoms with Crippen LogP contribution >= 0.6 is 0 Å². The smallest absolute Gasteiger partial charge is 0.305 e. The summed E-state index contributed by atoms with van der Waals surface area (Å²) in [7, 11) is 0. The van der Waals surface area contributed by atoms with Crippen molar-refractivity contribution >= 4 is 5.97 Å². The highest BCUT2D eigenvalue weighted by atomic mass is 16.5. The van der Waals surface area contributed by atoms with Gasteiger partial charge in [-0.05, 0) is 43.4 Å². The maximum absolute atomic E-state index is 11.5. The minimum atomic E-state index is -0.167. The van der Waals surface area contributed by atoms with E-state index in [1.807, 2.05) is 0 Å². The molecule has 140 valence electrons. The molecule has 0 aromatic carbocycles. The second kappa shape index (κ2) is 14.3. The van der Waals surface area contributed by atoms with Crippen LogP contribution in [0.4, 0.5) is 0 Å². The Morgan fingerprint density at radius 3 is 2.29 bits per heavy atom. The Labute approximate surface area is 149 Å². The Bertz CT molecular complexity index is 364. The molecule has 3 nitrogen and oxygen atoms in total. The highest BCUT2D eigenvalue weighted by Gasteiger charge is 2.19. The van der Waals surface area contributed by atoms with Gasteiger partial charge in [0.25, 0.3) is 0 Å². The van der Waals surface area contributed by atoms with Crippen molar-refractivity contribution < 1.29 is 14.6 Å². The first kappa shape index (κ1) is 22.9. The molecule has 0 heterocycles. The number of rotatable bonds is 13. The molecule has 1 N–H and O–H groups in total. The zero-order chi connectivity index (χ0) is 18.3. The van der Waals surface area contributed by atoms with Gasteiger partial charge >= 0.3 is 5.97 Å². The second-order valence-electron chi connectivity index (χ2n) is 7.43. The number of allylic oxidation sites excluding steroid dienone is 3. The van der Waals surface area contributed by atoms with Gasteiger partial charge in [0.1, 0.15) is 0 Å². The van der Waals surface area contributed by atoms with Gasteiger partial charge in [-0.15, -0.1) is 0 Å². The number of esters is 1. The van der Waals surface area contributed by atoms with Crippen LogP contribution in [0.15, 0.2) is 24.3 Å². The van der Waals surface area contributed by atoms with E-state index in [9.17, 15) is 4.79 Å². The third kappa shape index (κ3) is 13.4. The Hall–Kier alpha value is -1.09. The summed E-state index contributed by atoms with van der Waals surface area (Å²) in [5.41, 5.74) is 0.193. The predicted molar refractivity (Wildman–Crippen MR) is 102 cm³/mol. The molecule has 0 bridgehead atoms. The fraction of sp³-hybridized carbons (Fsp3) is 0.762. The molecule has 0 amide bonds. The maximum atomic E-state index is 11.5. The van der Waals surface area contributed by atoms with E-state index in [1.54, 1.807) is 0 Å². The lowest BCUT2D eigenvalue weighted by molar-refractivity contribution is -0.143. The molecule has 0 unspecified atom stereocenters. The molecule has 0 fully saturated rings. The zero-order valence-corrected chi connectivity index (χ0v) is 16.2. The van der Waals surface area contributed by atoms with E-state index in [1.165, 1.54) is 19.3 Å². The first-order valence-corrected chi connectivity index (χ1v) is 9.51. The molecule has 24 heavy (non-hydrogen) atoms. The fourth-order valence-electron chi connectivity index (χ4n) is 2.33. The van der Waals surface area contributed by atoms with Crippen molar-refractivity contribution in [3.63, 3.8) is 0 Å². The minimum Gasteiger partial charge on any atom is -0.465 e. The molecular formula is C21H38O3. The molecule has 0 saturated heterocycles. The van der Waals surface area contributed by atoms with Gasteiger partial charge in [0.2, 0.25) is 0 Å². The van der Waals surface area contributed by atoms with E-state index in [-0.39, 0.29) is 18.0 Å². The quantitative estimate of drug-likeness (QED) is 0.276. The van der Waals surface area contributed by atoms with Crippen molar-refractivity contribution in [2.24, 2.45) is 11.3 Å². The van der Waals surface area contributed by atoms with Crippen LogP contribution in [0.2, 0.25) is 0 Å². The number of aliphatic hydroxyl groups excluding tert-OH is 1. The molecule has 0 aliphatic rings. The van der Waals surface area contributed by atoms with Crippen molar-refractivity contribution in [1.29, 1.82) is 0 Å². The first-order valence-electron chi connectivity index (χ1n) is 9.51. The van der Waals surface area contributed by atoms with E-state index in [0.717, 1.165) is 12.8 Å². The Balaban J connectivity index is 4.11. The minimum absolute atomic E-state index is 0.135. The summed E-state index contributed by atoms with van der Waals surface area (Å²) in [6.07, 6.45) is 16.4. The Morgan fingerprint density at radius 1 is 1.04 bits per heavy atom. The van der Waals surface area contributed by atoms with Gasteiger partial charge in [0.15, 0.2) is 0 Å². The number of aliphatic hydroxyl groups is 1. The molecular weight excluding hydrogens is 300 g/mol. The molecule has 0 radical (unpaired) electrons. The van der Waals surface area contributed by atoms with E-state index >= 15 is 0 Å². The number of hydrogen-bond donors (Lipinski definition) is 1. The highest BCUT2D eigenvalue weighted by molar-refractivity contribution is 5.69. The summed E-state index contributed by atoms with van der Waals surface area (Å²) in [4.78, 5) is 11.5. The summed E-state index contributed by atoms with van der Waals surface area (Å²) in [5.74, 6) is 0.236. The zero-order valence-electron chi connectivity index (χ0n) is 16.2. The van der Waals surface area contributed by atoms with Crippen LogP contribution < -0.4 is 0 Å². The van der Waals surface area contributed by atoms with E-state index in [4.69, 9.17) is 9.84 Å². The third-order valence-corrected chi connectivity index (χ3v) is 4.00. The Kier molecular flexibility index (Phi) is 13.6. The fourth-order valence-corrected chi connectivity index (χ4v) is 2.33. The van der Waals surface area contributed by atoms with Crippen LogP contribution in [0.1, 0.15) is 79.1 Å². The van der Waals surface area contributed by atoms with Gasteiger partial charge in [-0.1, -0.05) is 64.8 Å². The molecule has 0 aliphatic heterocycles. The van der Waals surface area contributed by atoms with Crippen molar-refractivity contribution in [2.75, 3.05) is 13.2 Å². The lowest BCUT2D eigenvalue weighted by Gasteiger charge is -2.25. The molecule has 0 aliphatic carbocycles. The van der Waals surface area contributed by atoms with Gasteiger partial charge < -0.3 is 9.84 Å². The number of hydrogen-bond acceptors (Lipinski definition) is 3. The van der Waals surface area contributed by atoms with Crippen LogP contribution in [0.3, 0.4) is 0 Å². The van der Waals surface area contributed by atoms with Crippen LogP contribution in [-0.2, 0) is 9.53 Å². The van der Waals surface area contributed by atoms with Crippen LogP contribution in [0, 0.1) is 11.3 Å². The van der Waals surface area contributed by atoms with E-state index < -0.39 is 0 Å². The summed E-state index contributed by atoms with van der Waals surface area (Å²) < 4.78 is 5.19. The van der Waals surface area contributed by atoms with Gasteiger partial charge in [-0.3, -0.25) is 4.79 Å². The molecule has 0 aromatic rings. The molecule has 0 rings (SSSR count). The van der Waals surface area contributed by atoms with Crippen molar-refractivity contribution in [2.45, 2.75) is 79.1 Å². The SMILES string of the molecule is CCCCC/C=C\[C@H](/C=C\CCOC(=O)CCCCO)C(C)(C)C. The van der Waals surface area contributed by atoms with Crippen molar-refractivity contribution in [1.82, 2.24) is 0 Å². The van der Waals surface area contributed by atoms with E-state index in [2.05, 4.69) is 52.0 Å². The van der Waals surface area contributed by atoms with Gasteiger partial charge in [-0.2, -0.15) is 0 Å². The summed E-state index contributed by atoms with van der Waals surface area (Å²) >= 11 is 0. The molecule has 1 atom stereocenters. The summed E-state index contributed by atoms with van der Waals surface area (Å²) in [6, 6.07) is 0. The van der Waals surface area contributed by atoms with Gasteiger partial charge in [0, 0.05) is 13.0 Å².